The van der Waals surface area contributed by atoms with Gasteiger partial charge < -0.3 is 19.0 Å². The van der Waals surface area contributed by atoms with Gasteiger partial charge in [-0.3, -0.25) is 4.79 Å². The lowest BCUT2D eigenvalue weighted by atomic mass is 10.1. The maximum atomic E-state index is 13.3. The topological polar surface area (TPSA) is 45.9 Å². The SMILES string of the molecule is CCOc1ccccc1C(=O)N(Cc1ccc(N(C)C)cc1)Cc1ccco1. The second-order valence-electron chi connectivity index (χ2n) is 6.73. The first kappa shape index (κ1) is 19.5. The molecule has 0 bridgehead atoms. The zero-order valence-electron chi connectivity index (χ0n) is 16.6. The zero-order chi connectivity index (χ0) is 19.9. The van der Waals surface area contributed by atoms with Crippen LogP contribution in [-0.2, 0) is 13.1 Å². The predicted molar refractivity (Wildman–Crippen MR) is 111 cm³/mol. The average molecular weight is 378 g/mol. The summed E-state index contributed by atoms with van der Waals surface area (Å²) >= 11 is 0. The molecule has 0 aliphatic heterocycles. The van der Waals surface area contributed by atoms with Crippen molar-refractivity contribution in [3.8, 4) is 5.75 Å². The maximum Gasteiger partial charge on any atom is 0.258 e. The summed E-state index contributed by atoms with van der Waals surface area (Å²) in [7, 11) is 4.01. The fourth-order valence-electron chi connectivity index (χ4n) is 3.01. The number of nitrogens with zero attached hydrogens (tertiary/aromatic N) is 2. The van der Waals surface area contributed by atoms with Crippen LogP contribution >= 0.6 is 0 Å². The number of ether oxygens (including phenoxy) is 1. The lowest BCUT2D eigenvalue weighted by molar-refractivity contribution is 0.0713. The van der Waals surface area contributed by atoms with Crippen LogP contribution in [0, 0.1) is 0 Å². The molecule has 0 spiro atoms. The van der Waals surface area contributed by atoms with E-state index in [2.05, 4.69) is 12.1 Å². The molecule has 3 rings (SSSR count). The third-order valence-electron chi connectivity index (χ3n) is 4.46. The Bertz CT molecular complexity index is 886. The van der Waals surface area contributed by atoms with Crippen LogP contribution in [0.15, 0.2) is 71.3 Å². The number of carbonyl (C=O) groups excluding carboxylic acids is 1. The molecule has 2 aromatic carbocycles. The second-order valence-corrected chi connectivity index (χ2v) is 6.73. The number of benzene rings is 2. The third kappa shape index (κ3) is 4.74. The Kier molecular flexibility index (Phi) is 6.37. The van der Waals surface area contributed by atoms with Crippen LogP contribution in [0.4, 0.5) is 5.69 Å². The van der Waals surface area contributed by atoms with Gasteiger partial charge in [0.25, 0.3) is 5.91 Å². The van der Waals surface area contributed by atoms with E-state index in [1.165, 1.54) is 0 Å². The summed E-state index contributed by atoms with van der Waals surface area (Å²) in [6.45, 7) is 3.29. The van der Waals surface area contributed by atoms with Gasteiger partial charge >= 0.3 is 0 Å². The number of rotatable bonds is 8. The highest BCUT2D eigenvalue weighted by Gasteiger charge is 2.21. The Morgan fingerprint density at radius 3 is 2.36 bits per heavy atom. The molecule has 5 nitrogen and oxygen atoms in total. The van der Waals surface area contributed by atoms with Crippen molar-refractivity contribution in [3.63, 3.8) is 0 Å². The van der Waals surface area contributed by atoms with Gasteiger partial charge in [0.15, 0.2) is 0 Å². The van der Waals surface area contributed by atoms with Gasteiger partial charge in [-0.2, -0.15) is 0 Å². The largest absolute Gasteiger partial charge is 0.493 e. The van der Waals surface area contributed by atoms with E-state index in [4.69, 9.17) is 9.15 Å². The second kappa shape index (κ2) is 9.13. The smallest absolute Gasteiger partial charge is 0.258 e. The van der Waals surface area contributed by atoms with E-state index >= 15 is 0 Å². The lowest BCUT2D eigenvalue weighted by Gasteiger charge is -2.23. The van der Waals surface area contributed by atoms with Gasteiger partial charge in [0.2, 0.25) is 0 Å². The highest BCUT2D eigenvalue weighted by Crippen LogP contribution is 2.23. The van der Waals surface area contributed by atoms with Crippen molar-refractivity contribution in [2.24, 2.45) is 0 Å². The molecule has 146 valence electrons. The molecule has 1 amide bonds. The lowest BCUT2D eigenvalue weighted by Crippen LogP contribution is -2.30. The molecule has 0 unspecified atom stereocenters. The van der Waals surface area contributed by atoms with Crippen molar-refractivity contribution in [3.05, 3.63) is 83.8 Å². The Morgan fingerprint density at radius 2 is 1.71 bits per heavy atom. The van der Waals surface area contributed by atoms with Crippen LogP contribution in [0.3, 0.4) is 0 Å². The number of hydrogen-bond donors (Lipinski definition) is 0. The van der Waals surface area contributed by atoms with Gasteiger partial charge in [0.05, 0.1) is 25.0 Å². The number of hydrogen-bond acceptors (Lipinski definition) is 4. The van der Waals surface area contributed by atoms with Crippen molar-refractivity contribution in [2.75, 3.05) is 25.6 Å². The van der Waals surface area contributed by atoms with E-state index in [1.54, 1.807) is 17.2 Å². The van der Waals surface area contributed by atoms with E-state index in [-0.39, 0.29) is 5.91 Å². The van der Waals surface area contributed by atoms with Crippen molar-refractivity contribution >= 4 is 11.6 Å². The van der Waals surface area contributed by atoms with E-state index in [0.717, 1.165) is 17.0 Å². The molecule has 0 N–H and O–H groups in total. The van der Waals surface area contributed by atoms with Crippen LogP contribution in [-0.4, -0.2) is 31.5 Å². The summed E-state index contributed by atoms with van der Waals surface area (Å²) in [5.74, 6) is 1.26. The minimum Gasteiger partial charge on any atom is -0.493 e. The number of anilines is 1. The van der Waals surface area contributed by atoms with Gasteiger partial charge in [0, 0.05) is 26.3 Å². The van der Waals surface area contributed by atoms with Gasteiger partial charge in [0.1, 0.15) is 11.5 Å². The molecule has 0 aliphatic rings. The van der Waals surface area contributed by atoms with E-state index in [9.17, 15) is 4.79 Å². The molecule has 0 atom stereocenters. The normalized spacial score (nSPS) is 10.5. The number of amides is 1. The molecular formula is C23H26N2O3. The summed E-state index contributed by atoms with van der Waals surface area (Å²) < 4.78 is 11.1. The van der Waals surface area contributed by atoms with Gasteiger partial charge in [-0.25, -0.2) is 0 Å². The first-order valence-corrected chi connectivity index (χ1v) is 9.38. The average Bonchev–Trinajstić information content (AvgIpc) is 3.21. The molecule has 0 fully saturated rings. The predicted octanol–water partition coefficient (Wildman–Crippen LogP) is 4.59. The standard InChI is InChI=1S/C23H26N2O3/c1-4-27-22-10-6-5-9-21(22)23(26)25(17-20-8-7-15-28-20)16-18-11-13-19(14-12-18)24(2)3/h5-15H,4,16-17H2,1-3H3. The summed E-state index contributed by atoms with van der Waals surface area (Å²) in [5.41, 5.74) is 2.73. The van der Waals surface area contributed by atoms with Gasteiger partial charge in [-0.05, 0) is 48.9 Å². The van der Waals surface area contributed by atoms with E-state index in [0.29, 0.717) is 31.0 Å². The van der Waals surface area contributed by atoms with Gasteiger partial charge in [-0.1, -0.05) is 24.3 Å². The monoisotopic (exact) mass is 378 g/mol. The fourth-order valence-corrected chi connectivity index (χ4v) is 3.01. The van der Waals surface area contributed by atoms with Crippen LogP contribution in [0.1, 0.15) is 28.6 Å². The molecule has 3 aromatic rings. The third-order valence-corrected chi connectivity index (χ3v) is 4.46. The minimum atomic E-state index is -0.0860. The molecule has 1 heterocycles. The van der Waals surface area contributed by atoms with Crippen LogP contribution in [0.5, 0.6) is 5.75 Å². The highest BCUT2D eigenvalue weighted by atomic mass is 16.5. The molecule has 0 saturated carbocycles. The Morgan fingerprint density at radius 1 is 0.964 bits per heavy atom. The van der Waals surface area contributed by atoms with Gasteiger partial charge in [-0.15, -0.1) is 0 Å². The quantitative estimate of drug-likeness (QED) is 0.575. The van der Waals surface area contributed by atoms with Crippen molar-refractivity contribution in [1.29, 1.82) is 0 Å². The summed E-state index contributed by atoms with van der Waals surface area (Å²) in [6, 6.07) is 19.3. The van der Waals surface area contributed by atoms with Crippen LogP contribution < -0.4 is 9.64 Å². The Balaban J connectivity index is 1.87. The van der Waals surface area contributed by atoms with E-state index in [1.807, 2.05) is 68.4 Å². The van der Waals surface area contributed by atoms with E-state index < -0.39 is 0 Å². The first-order valence-electron chi connectivity index (χ1n) is 9.38. The summed E-state index contributed by atoms with van der Waals surface area (Å²) in [6.07, 6.45) is 1.62. The number of para-hydroxylation sites is 1. The molecule has 5 heteroatoms. The first-order chi connectivity index (χ1) is 13.6. The number of furan rings is 1. The zero-order valence-corrected chi connectivity index (χ0v) is 16.6. The van der Waals surface area contributed by atoms with Crippen LogP contribution in [0.2, 0.25) is 0 Å². The molecule has 1 aromatic heterocycles. The summed E-state index contributed by atoms with van der Waals surface area (Å²) in [4.78, 5) is 17.2. The molecule has 28 heavy (non-hydrogen) atoms. The molecular weight excluding hydrogens is 352 g/mol. The minimum absolute atomic E-state index is 0.0860. The molecule has 0 saturated heterocycles. The Hall–Kier alpha value is -3.21. The van der Waals surface area contributed by atoms with Crippen LogP contribution in [0.25, 0.3) is 0 Å². The van der Waals surface area contributed by atoms with Crippen molar-refractivity contribution in [1.82, 2.24) is 4.90 Å². The Labute approximate surface area is 166 Å². The molecule has 0 aliphatic carbocycles. The fraction of sp³-hybridized carbons (Fsp3) is 0.261. The maximum absolute atomic E-state index is 13.3. The highest BCUT2D eigenvalue weighted by molar-refractivity contribution is 5.96. The van der Waals surface area contributed by atoms with Crippen molar-refractivity contribution in [2.45, 2.75) is 20.0 Å². The summed E-state index contributed by atoms with van der Waals surface area (Å²) in [5, 5.41) is 0. The molecule has 0 radical (unpaired) electrons. The number of carbonyl (C=O) groups is 1. The van der Waals surface area contributed by atoms with Crippen molar-refractivity contribution < 1.29 is 13.9 Å².